The molecule has 6 heteroatoms. The number of hydrogen-bond donors (Lipinski definition) is 0. The van der Waals surface area contributed by atoms with Gasteiger partial charge in [0.05, 0.1) is 0 Å². The number of anilines is 1. The zero-order chi connectivity index (χ0) is 12.9. The molecule has 2 aliphatic rings. The Labute approximate surface area is 104 Å². The van der Waals surface area contributed by atoms with Crippen molar-refractivity contribution in [2.24, 2.45) is 18.9 Å². The number of amides is 2. The van der Waals surface area contributed by atoms with Crippen molar-refractivity contribution < 1.29 is 9.59 Å². The molecule has 1 aliphatic heterocycles. The van der Waals surface area contributed by atoms with Gasteiger partial charge in [-0.25, -0.2) is 4.90 Å². The van der Waals surface area contributed by atoms with Crippen LogP contribution < -0.4 is 4.90 Å². The Morgan fingerprint density at radius 3 is 2.50 bits per heavy atom. The average molecular weight is 244 g/mol. The lowest BCUT2D eigenvalue weighted by molar-refractivity contribution is -0.133. The number of rotatable bonds is 1. The van der Waals surface area contributed by atoms with Gasteiger partial charge in [-0.3, -0.25) is 14.3 Å². The summed E-state index contributed by atoms with van der Waals surface area (Å²) in [5.41, 5.74) is 0.264. The molecule has 2 amide bonds. The van der Waals surface area contributed by atoms with E-state index in [0.717, 1.165) is 17.7 Å². The van der Waals surface area contributed by atoms with Crippen LogP contribution in [-0.2, 0) is 16.6 Å². The molecule has 2 unspecified atom stereocenters. The molecule has 92 valence electrons. The van der Waals surface area contributed by atoms with E-state index < -0.39 is 0 Å². The first-order chi connectivity index (χ1) is 8.61. The zero-order valence-electron chi connectivity index (χ0n) is 9.96. The molecule has 1 aliphatic carbocycles. The SMILES string of the molecule is Cn1cc(C#N)c(N2C(=O)C3CCC(C3)C2=O)n1. The fourth-order valence-electron chi connectivity index (χ4n) is 2.83. The Hall–Kier alpha value is -2.16. The second-order valence-corrected chi connectivity index (χ2v) is 4.87. The van der Waals surface area contributed by atoms with E-state index in [0.29, 0.717) is 6.42 Å². The van der Waals surface area contributed by atoms with Crippen LogP contribution in [-0.4, -0.2) is 21.6 Å². The third-order valence-electron chi connectivity index (χ3n) is 3.71. The first kappa shape index (κ1) is 11.0. The van der Waals surface area contributed by atoms with Crippen molar-refractivity contribution in [1.29, 1.82) is 5.26 Å². The maximum Gasteiger partial charge on any atom is 0.238 e. The van der Waals surface area contributed by atoms with Crippen LogP contribution in [0, 0.1) is 23.2 Å². The molecule has 0 radical (unpaired) electrons. The summed E-state index contributed by atoms with van der Waals surface area (Å²) in [7, 11) is 1.66. The highest BCUT2D eigenvalue weighted by Crippen LogP contribution is 2.40. The highest BCUT2D eigenvalue weighted by atomic mass is 16.2. The van der Waals surface area contributed by atoms with Crippen LogP contribution in [0.25, 0.3) is 0 Å². The van der Waals surface area contributed by atoms with Crippen molar-refractivity contribution >= 4 is 17.6 Å². The summed E-state index contributed by atoms with van der Waals surface area (Å²) >= 11 is 0. The quantitative estimate of drug-likeness (QED) is 0.677. The molecule has 2 fully saturated rings. The van der Waals surface area contributed by atoms with Crippen molar-refractivity contribution in [1.82, 2.24) is 9.78 Å². The first-order valence-corrected chi connectivity index (χ1v) is 5.93. The van der Waals surface area contributed by atoms with Crippen molar-refractivity contribution in [3.8, 4) is 6.07 Å². The molecular formula is C12H12N4O2. The molecule has 1 aromatic rings. The number of imide groups is 1. The van der Waals surface area contributed by atoms with E-state index in [4.69, 9.17) is 5.26 Å². The van der Waals surface area contributed by atoms with Gasteiger partial charge in [0.1, 0.15) is 11.6 Å². The molecule has 1 saturated heterocycles. The second-order valence-electron chi connectivity index (χ2n) is 4.87. The van der Waals surface area contributed by atoms with E-state index >= 15 is 0 Å². The van der Waals surface area contributed by atoms with Crippen LogP contribution in [0.1, 0.15) is 24.8 Å². The summed E-state index contributed by atoms with van der Waals surface area (Å²) in [6.45, 7) is 0. The summed E-state index contributed by atoms with van der Waals surface area (Å²) < 4.78 is 1.45. The number of carbonyl (C=O) groups is 2. The van der Waals surface area contributed by atoms with Gasteiger partial charge in [-0.2, -0.15) is 10.4 Å². The molecule has 18 heavy (non-hydrogen) atoms. The monoisotopic (exact) mass is 244 g/mol. The third-order valence-corrected chi connectivity index (χ3v) is 3.71. The molecule has 1 aromatic heterocycles. The van der Waals surface area contributed by atoms with Gasteiger partial charge in [0.15, 0.2) is 5.82 Å². The van der Waals surface area contributed by atoms with Gasteiger partial charge in [-0.05, 0) is 19.3 Å². The van der Waals surface area contributed by atoms with Crippen LogP contribution in [0.3, 0.4) is 0 Å². The highest BCUT2D eigenvalue weighted by molar-refractivity contribution is 6.18. The number of piperidine rings is 1. The van der Waals surface area contributed by atoms with Crippen LogP contribution in [0.5, 0.6) is 0 Å². The summed E-state index contributed by atoms with van der Waals surface area (Å²) in [6.07, 6.45) is 3.70. The molecule has 2 bridgehead atoms. The van der Waals surface area contributed by atoms with Crippen molar-refractivity contribution in [3.05, 3.63) is 11.8 Å². The minimum atomic E-state index is -0.205. The normalized spacial score (nSPS) is 26.6. The van der Waals surface area contributed by atoms with E-state index in [2.05, 4.69) is 5.10 Å². The Morgan fingerprint density at radius 1 is 1.33 bits per heavy atom. The number of aryl methyl sites for hydroxylation is 1. The van der Waals surface area contributed by atoms with Gasteiger partial charge in [0.25, 0.3) is 0 Å². The van der Waals surface area contributed by atoms with E-state index in [9.17, 15) is 9.59 Å². The number of aromatic nitrogens is 2. The predicted molar refractivity (Wildman–Crippen MR) is 61.2 cm³/mol. The molecule has 3 rings (SSSR count). The predicted octanol–water partition coefficient (Wildman–Crippen LogP) is 0.581. The zero-order valence-corrected chi connectivity index (χ0v) is 9.96. The number of nitriles is 1. The number of nitrogens with zero attached hydrogens (tertiary/aromatic N) is 4. The molecule has 6 nitrogen and oxygen atoms in total. The smallest absolute Gasteiger partial charge is 0.238 e. The standard InChI is InChI=1S/C12H12N4O2/c1-15-6-9(5-13)10(14-15)16-11(17)7-2-3-8(4-7)12(16)18/h6-8H,2-4H2,1H3. The minimum absolute atomic E-state index is 0.0822. The minimum Gasteiger partial charge on any atom is -0.274 e. The van der Waals surface area contributed by atoms with Crippen LogP contribution in [0.15, 0.2) is 6.20 Å². The molecule has 2 atom stereocenters. The lowest BCUT2D eigenvalue weighted by Crippen LogP contribution is -2.47. The first-order valence-electron chi connectivity index (χ1n) is 5.93. The Balaban J connectivity index is 2.08. The van der Waals surface area contributed by atoms with Gasteiger partial charge >= 0.3 is 0 Å². The van der Waals surface area contributed by atoms with Gasteiger partial charge in [0.2, 0.25) is 11.8 Å². The van der Waals surface area contributed by atoms with E-state index in [1.807, 2.05) is 6.07 Å². The second kappa shape index (κ2) is 3.67. The Bertz CT molecular complexity index is 561. The van der Waals surface area contributed by atoms with Crippen molar-refractivity contribution in [2.45, 2.75) is 19.3 Å². The van der Waals surface area contributed by atoms with Gasteiger partial charge in [-0.1, -0.05) is 0 Å². The van der Waals surface area contributed by atoms with Crippen LogP contribution >= 0.6 is 0 Å². The summed E-state index contributed by atoms with van der Waals surface area (Å²) in [5, 5.41) is 13.1. The summed E-state index contributed by atoms with van der Waals surface area (Å²) in [5.74, 6) is -0.387. The molecule has 2 heterocycles. The van der Waals surface area contributed by atoms with E-state index in [1.54, 1.807) is 7.05 Å². The largest absolute Gasteiger partial charge is 0.274 e. The highest BCUT2D eigenvalue weighted by Gasteiger charge is 2.47. The van der Waals surface area contributed by atoms with Gasteiger partial charge < -0.3 is 0 Å². The number of fused-ring (bicyclic) bond motifs is 2. The lowest BCUT2D eigenvalue weighted by Gasteiger charge is -2.28. The van der Waals surface area contributed by atoms with E-state index in [1.165, 1.54) is 10.9 Å². The van der Waals surface area contributed by atoms with Crippen molar-refractivity contribution in [2.75, 3.05) is 4.90 Å². The van der Waals surface area contributed by atoms with E-state index in [-0.39, 0.29) is 35.0 Å². The maximum atomic E-state index is 12.2. The fourth-order valence-corrected chi connectivity index (χ4v) is 2.83. The molecule has 1 saturated carbocycles. The number of hydrogen-bond acceptors (Lipinski definition) is 4. The maximum absolute atomic E-state index is 12.2. The molecule has 0 spiro atoms. The summed E-state index contributed by atoms with van der Waals surface area (Å²) in [4.78, 5) is 25.6. The van der Waals surface area contributed by atoms with Gasteiger partial charge in [0, 0.05) is 25.1 Å². The molecule has 0 aromatic carbocycles. The Kier molecular flexibility index (Phi) is 2.23. The summed E-state index contributed by atoms with van der Waals surface area (Å²) in [6, 6.07) is 1.98. The van der Waals surface area contributed by atoms with Gasteiger partial charge in [-0.15, -0.1) is 0 Å². The topological polar surface area (TPSA) is 79.0 Å². The third kappa shape index (κ3) is 1.37. The Morgan fingerprint density at radius 2 is 1.94 bits per heavy atom. The molecule has 0 N–H and O–H groups in total. The van der Waals surface area contributed by atoms with Crippen LogP contribution in [0.4, 0.5) is 5.82 Å². The number of carbonyl (C=O) groups excluding carboxylic acids is 2. The van der Waals surface area contributed by atoms with Crippen LogP contribution in [0.2, 0.25) is 0 Å². The lowest BCUT2D eigenvalue weighted by atomic mass is 9.97. The van der Waals surface area contributed by atoms with Crippen molar-refractivity contribution in [3.63, 3.8) is 0 Å². The fraction of sp³-hybridized carbons (Fsp3) is 0.500. The molecular weight excluding hydrogens is 232 g/mol. The average Bonchev–Trinajstić information content (AvgIpc) is 2.93.